The molecular formula is C7H16O2. The monoisotopic (exact) mass is 132 g/mol. The minimum Gasteiger partial charge on any atom is -0.371 e. The minimum atomic E-state index is -0.133. The van der Waals surface area contributed by atoms with Crippen LogP contribution in [-0.2, 0) is 4.74 Å². The molecule has 9 heavy (non-hydrogen) atoms. The van der Waals surface area contributed by atoms with Crippen LogP contribution in [0.15, 0.2) is 0 Å². The van der Waals surface area contributed by atoms with Gasteiger partial charge in [-0.05, 0) is 6.42 Å². The van der Waals surface area contributed by atoms with Gasteiger partial charge < -0.3 is 9.84 Å². The van der Waals surface area contributed by atoms with Crippen molar-refractivity contribution in [3.05, 3.63) is 0 Å². The average molecular weight is 132 g/mol. The van der Waals surface area contributed by atoms with E-state index in [4.69, 9.17) is 9.84 Å². The summed E-state index contributed by atoms with van der Waals surface area (Å²) < 4.78 is 4.74. The molecule has 0 atom stereocenters. The van der Waals surface area contributed by atoms with E-state index in [1.807, 2.05) is 0 Å². The average Bonchev–Trinajstić information content (AvgIpc) is 1.89. The Hall–Kier alpha value is -0.0800. The molecule has 0 spiro atoms. The summed E-state index contributed by atoms with van der Waals surface area (Å²) in [7, 11) is 0. The Morgan fingerprint density at radius 3 is 2.56 bits per heavy atom. The third kappa shape index (κ3) is 7.92. The molecule has 0 bridgehead atoms. The molecular weight excluding hydrogens is 116 g/mol. The van der Waals surface area contributed by atoms with E-state index in [1.165, 1.54) is 19.3 Å². The Labute approximate surface area is 56.8 Å². The highest BCUT2D eigenvalue weighted by molar-refractivity contribution is 4.37. The molecule has 0 unspecified atom stereocenters. The lowest BCUT2D eigenvalue weighted by atomic mass is 10.2. The first-order chi connectivity index (χ1) is 4.41. The van der Waals surface area contributed by atoms with Gasteiger partial charge in [0.25, 0.3) is 0 Å². The molecule has 0 aliphatic carbocycles. The number of aliphatic hydroxyl groups excluding tert-OH is 1. The van der Waals surface area contributed by atoms with E-state index >= 15 is 0 Å². The molecule has 0 radical (unpaired) electrons. The molecule has 0 aliphatic rings. The van der Waals surface area contributed by atoms with Gasteiger partial charge in [-0.15, -0.1) is 0 Å². The van der Waals surface area contributed by atoms with Crippen molar-refractivity contribution in [2.45, 2.75) is 32.6 Å². The van der Waals surface area contributed by atoms with Gasteiger partial charge in [0.05, 0.1) is 0 Å². The van der Waals surface area contributed by atoms with E-state index in [0.717, 1.165) is 6.42 Å². The van der Waals surface area contributed by atoms with Gasteiger partial charge in [0.1, 0.15) is 6.79 Å². The van der Waals surface area contributed by atoms with Gasteiger partial charge in [0.2, 0.25) is 0 Å². The molecule has 0 saturated carbocycles. The fourth-order valence-electron chi connectivity index (χ4n) is 0.695. The van der Waals surface area contributed by atoms with Crippen LogP contribution in [0, 0.1) is 0 Å². The number of rotatable bonds is 6. The molecule has 0 aliphatic heterocycles. The van der Waals surface area contributed by atoms with Crippen molar-refractivity contribution in [3.63, 3.8) is 0 Å². The summed E-state index contributed by atoms with van der Waals surface area (Å²) in [5.41, 5.74) is 0. The fraction of sp³-hybridized carbons (Fsp3) is 1.00. The number of ether oxygens (including phenoxy) is 1. The van der Waals surface area contributed by atoms with Crippen molar-refractivity contribution in [1.82, 2.24) is 0 Å². The Kier molecular flexibility index (Phi) is 7.85. The highest BCUT2D eigenvalue weighted by atomic mass is 16.6. The van der Waals surface area contributed by atoms with Crippen molar-refractivity contribution >= 4 is 0 Å². The first-order valence-corrected chi connectivity index (χ1v) is 3.60. The lowest BCUT2D eigenvalue weighted by molar-refractivity contribution is -0.00280. The van der Waals surface area contributed by atoms with Crippen LogP contribution in [0.4, 0.5) is 0 Å². The molecule has 0 rings (SSSR count). The predicted molar refractivity (Wildman–Crippen MR) is 37.2 cm³/mol. The zero-order valence-electron chi connectivity index (χ0n) is 6.10. The highest BCUT2D eigenvalue weighted by Gasteiger charge is 1.85. The number of unbranched alkanes of at least 4 members (excludes halogenated alkanes) is 3. The van der Waals surface area contributed by atoms with E-state index in [2.05, 4.69) is 6.92 Å². The highest BCUT2D eigenvalue weighted by Crippen LogP contribution is 1.97. The second kappa shape index (κ2) is 7.92. The standard InChI is InChI=1S/C7H16O2/c1-2-3-4-5-6-9-7-8/h8H,2-7H2,1H3. The molecule has 0 saturated heterocycles. The van der Waals surface area contributed by atoms with E-state index in [0.29, 0.717) is 6.61 Å². The number of aliphatic hydroxyl groups is 1. The van der Waals surface area contributed by atoms with Crippen molar-refractivity contribution in [3.8, 4) is 0 Å². The maximum Gasteiger partial charge on any atom is 0.143 e. The van der Waals surface area contributed by atoms with Gasteiger partial charge in [0, 0.05) is 6.61 Å². The van der Waals surface area contributed by atoms with Crippen LogP contribution in [0.3, 0.4) is 0 Å². The summed E-state index contributed by atoms with van der Waals surface area (Å²) in [5, 5.41) is 8.20. The summed E-state index contributed by atoms with van der Waals surface area (Å²) in [6.45, 7) is 2.75. The SMILES string of the molecule is CCCCCCOCO. The summed E-state index contributed by atoms with van der Waals surface area (Å²) >= 11 is 0. The molecule has 1 N–H and O–H groups in total. The molecule has 0 aromatic rings. The van der Waals surface area contributed by atoms with Crippen LogP contribution >= 0.6 is 0 Å². The van der Waals surface area contributed by atoms with Crippen LogP contribution in [0.2, 0.25) is 0 Å². The number of hydrogen-bond acceptors (Lipinski definition) is 2. The molecule has 2 nitrogen and oxygen atoms in total. The van der Waals surface area contributed by atoms with Gasteiger partial charge in [-0.2, -0.15) is 0 Å². The first-order valence-electron chi connectivity index (χ1n) is 3.60. The van der Waals surface area contributed by atoms with Crippen molar-refractivity contribution in [2.24, 2.45) is 0 Å². The van der Waals surface area contributed by atoms with Crippen molar-refractivity contribution < 1.29 is 9.84 Å². The molecule has 0 aromatic heterocycles. The number of hydrogen-bond donors (Lipinski definition) is 1. The summed E-state index contributed by atoms with van der Waals surface area (Å²) in [6, 6.07) is 0. The van der Waals surface area contributed by atoms with Crippen LogP contribution in [-0.4, -0.2) is 18.5 Å². The smallest absolute Gasteiger partial charge is 0.143 e. The van der Waals surface area contributed by atoms with Crippen LogP contribution in [0.1, 0.15) is 32.6 Å². The Morgan fingerprint density at radius 1 is 1.22 bits per heavy atom. The lowest BCUT2D eigenvalue weighted by Gasteiger charge is -1.97. The zero-order chi connectivity index (χ0) is 6.95. The molecule has 0 amide bonds. The van der Waals surface area contributed by atoms with Gasteiger partial charge in [0.15, 0.2) is 0 Å². The second-order valence-corrected chi connectivity index (χ2v) is 2.10. The zero-order valence-corrected chi connectivity index (χ0v) is 6.10. The molecule has 2 heteroatoms. The van der Waals surface area contributed by atoms with Gasteiger partial charge in [-0.1, -0.05) is 26.2 Å². The maximum atomic E-state index is 8.20. The van der Waals surface area contributed by atoms with Crippen LogP contribution in [0.25, 0.3) is 0 Å². The van der Waals surface area contributed by atoms with Crippen molar-refractivity contribution in [2.75, 3.05) is 13.4 Å². The quantitative estimate of drug-likeness (QED) is 0.438. The molecule has 0 heterocycles. The first kappa shape index (κ1) is 8.92. The van der Waals surface area contributed by atoms with Gasteiger partial charge in [-0.25, -0.2) is 0 Å². The summed E-state index contributed by atoms with van der Waals surface area (Å²) in [6.07, 6.45) is 4.82. The topological polar surface area (TPSA) is 29.5 Å². The normalized spacial score (nSPS) is 10.0. The largest absolute Gasteiger partial charge is 0.371 e. The van der Waals surface area contributed by atoms with E-state index in [1.54, 1.807) is 0 Å². The third-order valence-corrected chi connectivity index (χ3v) is 1.23. The summed E-state index contributed by atoms with van der Waals surface area (Å²) in [5.74, 6) is 0. The lowest BCUT2D eigenvalue weighted by Crippen LogP contribution is -1.94. The molecule has 56 valence electrons. The Morgan fingerprint density at radius 2 is 2.00 bits per heavy atom. The van der Waals surface area contributed by atoms with E-state index < -0.39 is 0 Å². The minimum absolute atomic E-state index is 0.133. The van der Waals surface area contributed by atoms with Gasteiger partial charge >= 0.3 is 0 Å². The third-order valence-electron chi connectivity index (χ3n) is 1.23. The predicted octanol–water partition coefficient (Wildman–Crippen LogP) is 1.53. The maximum absolute atomic E-state index is 8.20. The van der Waals surface area contributed by atoms with Crippen LogP contribution in [0.5, 0.6) is 0 Å². The van der Waals surface area contributed by atoms with Crippen molar-refractivity contribution in [1.29, 1.82) is 0 Å². The second-order valence-electron chi connectivity index (χ2n) is 2.10. The van der Waals surface area contributed by atoms with Crippen LogP contribution < -0.4 is 0 Å². The fourth-order valence-corrected chi connectivity index (χ4v) is 0.695. The summed E-state index contributed by atoms with van der Waals surface area (Å²) in [4.78, 5) is 0. The molecule has 0 fully saturated rings. The Balaban J connectivity index is 2.60. The van der Waals surface area contributed by atoms with Gasteiger partial charge in [-0.3, -0.25) is 0 Å². The van der Waals surface area contributed by atoms with E-state index in [-0.39, 0.29) is 6.79 Å². The van der Waals surface area contributed by atoms with E-state index in [9.17, 15) is 0 Å². The Bertz CT molecular complexity index is 40.2. The molecule has 0 aromatic carbocycles.